The summed E-state index contributed by atoms with van der Waals surface area (Å²) in [4.78, 5) is -6.88. The Morgan fingerprint density at radius 2 is 1.09 bits per heavy atom. The summed E-state index contributed by atoms with van der Waals surface area (Å²) < 4.78 is 81.6. The summed E-state index contributed by atoms with van der Waals surface area (Å²) in [6, 6.07) is 0. The molecule has 0 aliphatic heterocycles. The molecule has 0 amide bonds. The van der Waals surface area contributed by atoms with E-state index in [0.29, 0.717) is 6.42 Å². The van der Waals surface area contributed by atoms with E-state index in [1.165, 1.54) is 0 Å². The third-order valence-electron chi connectivity index (χ3n) is 6.40. The summed E-state index contributed by atoms with van der Waals surface area (Å²) >= 11 is 11.5. The van der Waals surface area contributed by atoms with Gasteiger partial charge in [-0.2, -0.15) is 26.3 Å². The van der Waals surface area contributed by atoms with Crippen molar-refractivity contribution in [2.45, 2.75) is 34.9 Å². The van der Waals surface area contributed by atoms with Crippen LogP contribution in [0.1, 0.15) is 12.8 Å². The van der Waals surface area contributed by atoms with E-state index in [2.05, 4.69) is 0 Å². The molecule has 0 heterocycles. The van der Waals surface area contributed by atoms with E-state index in [4.69, 9.17) is 23.2 Å². The number of hydrogen-bond acceptors (Lipinski definition) is 0. The first-order chi connectivity index (χ1) is 9.94. The quantitative estimate of drug-likeness (QED) is 0.241. The summed E-state index contributed by atoms with van der Waals surface area (Å²) in [5.74, 6) is -3.62. The van der Waals surface area contributed by atoms with Crippen LogP contribution >= 0.6 is 23.2 Å². The number of allylic oxidation sites excluding steroid dienone is 2. The molecule has 3 fully saturated rings. The van der Waals surface area contributed by atoms with Gasteiger partial charge in [0, 0.05) is 0 Å². The Bertz CT molecular complexity index is 509. The zero-order chi connectivity index (χ0) is 16.3. The molecule has 0 aromatic heterocycles. The van der Waals surface area contributed by atoms with Crippen LogP contribution in [-0.2, 0) is 0 Å². The van der Waals surface area contributed by atoms with Crippen LogP contribution in [0.3, 0.4) is 0 Å². The molecule has 0 saturated heterocycles. The molecule has 4 aliphatic rings. The fourth-order valence-corrected chi connectivity index (χ4v) is 6.81. The van der Waals surface area contributed by atoms with Gasteiger partial charge in [0.15, 0.2) is 9.75 Å². The van der Waals surface area contributed by atoms with Crippen LogP contribution in [0.4, 0.5) is 26.3 Å². The Balaban J connectivity index is 1.90. The van der Waals surface area contributed by atoms with Gasteiger partial charge in [0.05, 0.1) is 0 Å². The second-order valence-corrected chi connectivity index (χ2v) is 8.16. The minimum atomic E-state index is -5.21. The highest BCUT2D eigenvalue weighted by Crippen LogP contribution is 2.79. The Morgan fingerprint density at radius 1 is 0.727 bits per heavy atom. The first-order valence-electron chi connectivity index (χ1n) is 7.14. The molecule has 8 heteroatoms. The van der Waals surface area contributed by atoms with Crippen molar-refractivity contribution in [2.75, 3.05) is 0 Å². The highest BCUT2D eigenvalue weighted by molar-refractivity contribution is 6.36. The molecule has 22 heavy (non-hydrogen) atoms. The van der Waals surface area contributed by atoms with Gasteiger partial charge in [-0.3, -0.25) is 0 Å². The fraction of sp³-hybridized carbons (Fsp3) is 0.857. The topological polar surface area (TPSA) is 0 Å². The summed E-state index contributed by atoms with van der Waals surface area (Å²) in [5, 5.41) is 0. The minimum Gasteiger partial charge on any atom is -0.169 e. The van der Waals surface area contributed by atoms with Crippen molar-refractivity contribution in [3.05, 3.63) is 12.2 Å². The lowest BCUT2D eigenvalue weighted by molar-refractivity contribution is -0.250. The highest BCUT2D eigenvalue weighted by atomic mass is 35.5. The molecule has 0 N–H and O–H groups in total. The average Bonchev–Trinajstić information content (AvgIpc) is 3.07. The molecule has 4 aliphatic carbocycles. The van der Waals surface area contributed by atoms with Gasteiger partial charge < -0.3 is 0 Å². The van der Waals surface area contributed by atoms with Gasteiger partial charge in [-0.15, -0.1) is 23.2 Å². The van der Waals surface area contributed by atoms with E-state index in [1.807, 2.05) is 12.2 Å². The van der Waals surface area contributed by atoms with Gasteiger partial charge in [-0.25, -0.2) is 0 Å². The molecule has 4 rings (SSSR count). The zero-order valence-corrected chi connectivity index (χ0v) is 12.6. The molecule has 8 unspecified atom stereocenters. The standard InChI is InChI=1S/C14H12Cl2F6/c15-11(13(17,18)19)7-4-8(12(11,16)14(20,21)22)10-6-2-1-5(3-6)9(7)10/h1-2,5-10H,3-4H2. The molecule has 8 atom stereocenters. The van der Waals surface area contributed by atoms with E-state index in [-0.39, 0.29) is 18.3 Å². The Morgan fingerprint density at radius 3 is 1.41 bits per heavy atom. The van der Waals surface area contributed by atoms with E-state index in [9.17, 15) is 26.3 Å². The predicted octanol–water partition coefficient (Wildman–Crippen LogP) is 5.15. The molecular formula is C14H12Cl2F6. The smallest absolute Gasteiger partial charge is 0.169 e. The van der Waals surface area contributed by atoms with Gasteiger partial charge in [0.2, 0.25) is 0 Å². The Labute approximate surface area is 132 Å². The number of alkyl halides is 8. The zero-order valence-electron chi connectivity index (χ0n) is 11.1. The van der Waals surface area contributed by atoms with E-state index in [1.54, 1.807) is 0 Å². The Kier molecular flexibility index (Phi) is 2.76. The lowest BCUT2D eigenvalue weighted by atomic mass is 9.63. The monoisotopic (exact) mass is 364 g/mol. The molecule has 0 nitrogen and oxygen atoms in total. The van der Waals surface area contributed by atoms with Crippen LogP contribution in [0, 0.1) is 35.5 Å². The lowest BCUT2D eigenvalue weighted by Gasteiger charge is -2.52. The van der Waals surface area contributed by atoms with E-state index in [0.717, 1.165) is 0 Å². The molecule has 124 valence electrons. The molecule has 0 radical (unpaired) electrons. The SMILES string of the molecule is FC(F)(F)C1(Cl)C2CC(C3C4C=CC(C4)C32)C1(Cl)C(F)(F)F. The summed E-state index contributed by atoms with van der Waals surface area (Å²) in [6.07, 6.45) is -6.31. The maximum atomic E-state index is 13.6. The highest BCUT2D eigenvalue weighted by Gasteiger charge is 2.89. The maximum Gasteiger partial charge on any atom is 0.410 e. The van der Waals surface area contributed by atoms with Crippen molar-refractivity contribution >= 4 is 23.2 Å². The first kappa shape index (κ1) is 15.4. The third-order valence-corrected chi connectivity index (χ3v) is 8.08. The fourth-order valence-electron chi connectivity index (χ4n) is 5.85. The van der Waals surface area contributed by atoms with E-state index >= 15 is 0 Å². The predicted molar refractivity (Wildman–Crippen MR) is 68.6 cm³/mol. The molecule has 3 saturated carbocycles. The summed E-state index contributed by atoms with van der Waals surface area (Å²) in [6.45, 7) is 0. The van der Waals surface area contributed by atoms with Crippen LogP contribution in [0.2, 0.25) is 0 Å². The number of halogens is 8. The second kappa shape index (κ2) is 3.93. The van der Waals surface area contributed by atoms with Crippen molar-refractivity contribution in [3.63, 3.8) is 0 Å². The van der Waals surface area contributed by atoms with Crippen LogP contribution < -0.4 is 0 Å². The van der Waals surface area contributed by atoms with Gasteiger partial charge in [0.1, 0.15) is 0 Å². The number of rotatable bonds is 0. The normalized spacial score (nSPS) is 56.0. The van der Waals surface area contributed by atoms with Gasteiger partial charge in [-0.05, 0) is 48.3 Å². The number of hydrogen-bond donors (Lipinski definition) is 0. The first-order valence-corrected chi connectivity index (χ1v) is 7.89. The molecular weight excluding hydrogens is 353 g/mol. The van der Waals surface area contributed by atoms with E-state index < -0.39 is 45.8 Å². The van der Waals surface area contributed by atoms with Crippen LogP contribution in [0.5, 0.6) is 0 Å². The van der Waals surface area contributed by atoms with Crippen LogP contribution in [0.25, 0.3) is 0 Å². The molecule has 0 aromatic carbocycles. The van der Waals surface area contributed by atoms with Crippen LogP contribution in [-0.4, -0.2) is 22.1 Å². The average molecular weight is 365 g/mol. The lowest BCUT2D eigenvalue weighted by Crippen LogP contribution is -2.69. The number of fused-ring (bicyclic) bond motifs is 9. The maximum absolute atomic E-state index is 13.6. The van der Waals surface area contributed by atoms with Crippen molar-refractivity contribution < 1.29 is 26.3 Å². The largest absolute Gasteiger partial charge is 0.410 e. The molecule has 4 bridgehead atoms. The summed E-state index contributed by atoms with van der Waals surface area (Å²) in [5.41, 5.74) is 0. The molecule has 0 spiro atoms. The van der Waals surface area contributed by atoms with Gasteiger partial charge >= 0.3 is 12.4 Å². The molecule has 0 aromatic rings. The second-order valence-electron chi connectivity index (χ2n) is 6.97. The van der Waals surface area contributed by atoms with Crippen molar-refractivity contribution in [1.82, 2.24) is 0 Å². The van der Waals surface area contributed by atoms with Gasteiger partial charge in [-0.1, -0.05) is 12.2 Å². The summed E-state index contributed by atoms with van der Waals surface area (Å²) in [7, 11) is 0. The van der Waals surface area contributed by atoms with Crippen molar-refractivity contribution in [1.29, 1.82) is 0 Å². The van der Waals surface area contributed by atoms with Crippen molar-refractivity contribution in [2.24, 2.45) is 35.5 Å². The third kappa shape index (κ3) is 1.38. The van der Waals surface area contributed by atoms with Crippen molar-refractivity contribution in [3.8, 4) is 0 Å². The van der Waals surface area contributed by atoms with Crippen LogP contribution in [0.15, 0.2) is 12.2 Å². The Hall–Kier alpha value is -0.100. The van der Waals surface area contributed by atoms with Gasteiger partial charge in [0.25, 0.3) is 0 Å². The minimum absolute atomic E-state index is 0.0973.